The number of nitrogens with one attached hydrogen (secondary N) is 1. The zero-order chi connectivity index (χ0) is 21.5. The van der Waals surface area contributed by atoms with Gasteiger partial charge >= 0.3 is 5.97 Å². The van der Waals surface area contributed by atoms with E-state index in [-0.39, 0.29) is 12.0 Å². The summed E-state index contributed by atoms with van der Waals surface area (Å²) in [5.74, 6) is -0.267. The van der Waals surface area contributed by atoms with Gasteiger partial charge in [0.1, 0.15) is 0 Å². The Labute approximate surface area is 175 Å². The summed E-state index contributed by atoms with van der Waals surface area (Å²) in [5.41, 5.74) is 2.33. The Morgan fingerprint density at radius 2 is 1.90 bits per heavy atom. The van der Waals surface area contributed by atoms with Gasteiger partial charge in [-0.3, -0.25) is 15.1 Å². The number of benzene rings is 1. The summed E-state index contributed by atoms with van der Waals surface area (Å²) in [6.07, 6.45) is 4.03. The van der Waals surface area contributed by atoms with Gasteiger partial charge in [0.25, 0.3) is 5.91 Å². The average molecular weight is 410 g/mol. The highest BCUT2D eigenvalue weighted by Crippen LogP contribution is 2.23. The number of imidazole rings is 1. The molecule has 2 heterocycles. The second-order valence-corrected chi connectivity index (χ2v) is 6.97. The molecule has 0 unspecified atom stereocenters. The molecule has 8 nitrogen and oxygen atoms in total. The van der Waals surface area contributed by atoms with E-state index in [1.165, 1.54) is 0 Å². The van der Waals surface area contributed by atoms with Crippen molar-refractivity contribution in [3.63, 3.8) is 0 Å². The third kappa shape index (κ3) is 5.21. The lowest BCUT2D eigenvalue weighted by molar-refractivity contribution is 0.0526. The Kier molecular flexibility index (Phi) is 7.13. The molecule has 0 aliphatic rings. The van der Waals surface area contributed by atoms with Crippen LogP contribution in [0.2, 0.25) is 0 Å². The van der Waals surface area contributed by atoms with E-state index in [1.54, 1.807) is 43.6 Å². The van der Waals surface area contributed by atoms with Crippen LogP contribution in [-0.2, 0) is 16.0 Å². The van der Waals surface area contributed by atoms with Crippen LogP contribution in [0.4, 0.5) is 5.95 Å². The number of rotatable bonds is 9. The van der Waals surface area contributed by atoms with Crippen molar-refractivity contribution in [1.82, 2.24) is 14.5 Å². The molecule has 0 spiro atoms. The molecule has 2 aromatic heterocycles. The summed E-state index contributed by atoms with van der Waals surface area (Å²) in [4.78, 5) is 33.2. The fraction of sp³-hybridized carbons (Fsp3) is 0.364. The number of nitrogens with zero attached hydrogens (tertiary/aromatic N) is 3. The lowest BCUT2D eigenvalue weighted by Crippen LogP contribution is -2.16. The largest absolute Gasteiger partial charge is 0.462 e. The van der Waals surface area contributed by atoms with Crippen LogP contribution in [0.5, 0.6) is 0 Å². The first kappa shape index (κ1) is 21.4. The second kappa shape index (κ2) is 9.98. The minimum Gasteiger partial charge on any atom is -0.462 e. The number of anilines is 1. The molecule has 0 aliphatic carbocycles. The van der Waals surface area contributed by atoms with E-state index in [4.69, 9.17) is 9.47 Å². The Balaban J connectivity index is 1.90. The van der Waals surface area contributed by atoms with Gasteiger partial charge in [0.05, 0.1) is 29.3 Å². The minimum atomic E-state index is -0.401. The van der Waals surface area contributed by atoms with Crippen molar-refractivity contribution in [1.29, 1.82) is 0 Å². The monoisotopic (exact) mass is 410 g/mol. The number of aryl methyl sites for hydroxylation is 1. The van der Waals surface area contributed by atoms with Crippen molar-refractivity contribution in [3.05, 3.63) is 53.9 Å². The number of fused-ring (bicyclic) bond motifs is 1. The van der Waals surface area contributed by atoms with Crippen LogP contribution in [0.3, 0.4) is 0 Å². The van der Waals surface area contributed by atoms with Gasteiger partial charge in [-0.2, -0.15) is 0 Å². The van der Waals surface area contributed by atoms with Crippen LogP contribution >= 0.6 is 0 Å². The number of esters is 1. The van der Waals surface area contributed by atoms with Crippen molar-refractivity contribution in [2.45, 2.75) is 39.8 Å². The van der Waals surface area contributed by atoms with Gasteiger partial charge in [-0.1, -0.05) is 0 Å². The molecular weight excluding hydrogens is 384 g/mol. The predicted octanol–water partition coefficient (Wildman–Crippen LogP) is 3.68. The maximum absolute atomic E-state index is 12.6. The number of hydrogen-bond acceptors (Lipinski definition) is 6. The molecule has 158 valence electrons. The quantitative estimate of drug-likeness (QED) is 0.427. The molecule has 0 saturated heterocycles. The van der Waals surface area contributed by atoms with Crippen molar-refractivity contribution < 1.29 is 19.1 Å². The van der Waals surface area contributed by atoms with Crippen LogP contribution in [0.1, 0.15) is 47.9 Å². The van der Waals surface area contributed by atoms with Gasteiger partial charge in [-0.15, -0.1) is 0 Å². The number of carbonyl (C=O) groups is 2. The maximum Gasteiger partial charge on any atom is 0.338 e. The Bertz CT molecular complexity index is 1010. The summed E-state index contributed by atoms with van der Waals surface area (Å²) in [6.45, 7) is 7.24. The van der Waals surface area contributed by atoms with Crippen molar-refractivity contribution in [2.24, 2.45) is 0 Å². The second-order valence-electron chi connectivity index (χ2n) is 6.97. The van der Waals surface area contributed by atoms with Gasteiger partial charge in [0.2, 0.25) is 5.95 Å². The van der Waals surface area contributed by atoms with Gasteiger partial charge in [-0.05, 0) is 57.5 Å². The lowest BCUT2D eigenvalue weighted by atomic mass is 10.2. The zero-order valence-electron chi connectivity index (χ0n) is 17.4. The predicted molar refractivity (Wildman–Crippen MR) is 114 cm³/mol. The first-order valence-corrected chi connectivity index (χ1v) is 10.00. The van der Waals surface area contributed by atoms with Crippen LogP contribution in [-0.4, -0.2) is 45.7 Å². The van der Waals surface area contributed by atoms with Crippen molar-refractivity contribution >= 4 is 28.9 Å². The fourth-order valence-corrected chi connectivity index (χ4v) is 3.01. The van der Waals surface area contributed by atoms with E-state index in [9.17, 15) is 9.59 Å². The van der Waals surface area contributed by atoms with E-state index in [1.807, 2.05) is 24.5 Å². The zero-order valence-corrected chi connectivity index (χ0v) is 17.4. The van der Waals surface area contributed by atoms with Gasteiger partial charge in [-0.25, -0.2) is 9.78 Å². The summed E-state index contributed by atoms with van der Waals surface area (Å²) in [6, 6.07) is 8.48. The number of carbonyl (C=O) groups excluding carboxylic acids is 2. The van der Waals surface area contributed by atoms with Crippen LogP contribution in [0, 0.1) is 0 Å². The highest BCUT2D eigenvalue weighted by molar-refractivity contribution is 6.04. The molecule has 3 aromatic rings. The summed E-state index contributed by atoms with van der Waals surface area (Å²) in [7, 11) is 0. The Morgan fingerprint density at radius 1 is 1.13 bits per heavy atom. The van der Waals surface area contributed by atoms with Gasteiger partial charge in [0.15, 0.2) is 0 Å². The molecular formula is C22H26N4O4. The SMILES string of the molecule is CCOC(=O)c1ccc2c(c1)nc(NC(=O)c1ccncc1)n2CCCOC(C)C. The molecule has 0 aliphatic heterocycles. The van der Waals surface area contributed by atoms with Crippen LogP contribution < -0.4 is 5.32 Å². The van der Waals surface area contributed by atoms with Crippen LogP contribution in [0.15, 0.2) is 42.7 Å². The number of pyridine rings is 1. The molecule has 0 radical (unpaired) electrons. The van der Waals surface area contributed by atoms with E-state index in [2.05, 4.69) is 15.3 Å². The lowest BCUT2D eigenvalue weighted by Gasteiger charge is -2.12. The Hall–Kier alpha value is -3.26. The number of aromatic nitrogens is 3. The van der Waals surface area contributed by atoms with Gasteiger partial charge in [0, 0.05) is 31.1 Å². The molecule has 1 aromatic carbocycles. The molecule has 30 heavy (non-hydrogen) atoms. The first-order valence-electron chi connectivity index (χ1n) is 10.00. The molecule has 0 atom stereocenters. The van der Waals surface area contributed by atoms with E-state index in [0.717, 1.165) is 11.9 Å². The normalized spacial score (nSPS) is 11.1. The molecule has 0 fully saturated rings. The average Bonchev–Trinajstić information content (AvgIpc) is 3.08. The van der Waals surface area contributed by atoms with E-state index >= 15 is 0 Å². The third-order valence-corrected chi connectivity index (χ3v) is 4.40. The summed E-state index contributed by atoms with van der Waals surface area (Å²) in [5, 5.41) is 2.87. The van der Waals surface area contributed by atoms with Gasteiger partial charge < -0.3 is 14.0 Å². The van der Waals surface area contributed by atoms with Crippen molar-refractivity contribution in [3.8, 4) is 0 Å². The molecule has 0 saturated carbocycles. The smallest absolute Gasteiger partial charge is 0.338 e. The molecule has 1 amide bonds. The maximum atomic E-state index is 12.6. The highest BCUT2D eigenvalue weighted by atomic mass is 16.5. The van der Waals surface area contributed by atoms with E-state index in [0.29, 0.717) is 42.4 Å². The highest BCUT2D eigenvalue weighted by Gasteiger charge is 2.16. The number of ether oxygens (including phenoxy) is 2. The molecule has 0 bridgehead atoms. The minimum absolute atomic E-state index is 0.155. The third-order valence-electron chi connectivity index (χ3n) is 4.40. The molecule has 1 N–H and O–H groups in total. The molecule has 3 rings (SSSR count). The fourth-order valence-electron chi connectivity index (χ4n) is 3.01. The van der Waals surface area contributed by atoms with Crippen LogP contribution in [0.25, 0.3) is 11.0 Å². The topological polar surface area (TPSA) is 95.3 Å². The summed E-state index contributed by atoms with van der Waals surface area (Å²) < 4.78 is 12.6. The summed E-state index contributed by atoms with van der Waals surface area (Å²) >= 11 is 0. The van der Waals surface area contributed by atoms with Crippen molar-refractivity contribution in [2.75, 3.05) is 18.5 Å². The number of amides is 1. The standard InChI is InChI=1S/C22H26N4O4/c1-4-29-21(28)17-6-7-19-18(14-17)24-22(26(19)12-5-13-30-15(2)3)25-20(27)16-8-10-23-11-9-16/h6-11,14-15H,4-5,12-13H2,1-3H3,(H,24,25,27). The first-order chi connectivity index (χ1) is 14.5. The molecule has 8 heteroatoms. The van der Waals surface area contributed by atoms with E-state index < -0.39 is 5.97 Å². The number of hydrogen-bond donors (Lipinski definition) is 1. The Morgan fingerprint density at radius 3 is 2.60 bits per heavy atom.